The summed E-state index contributed by atoms with van der Waals surface area (Å²) in [7, 11) is 0. The predicted molar refractivity (Wildman–Crippen MR) is 81.1 cm³/mol. The van der Waals surface area contributed by atoms with E-state index in [1.54, 1.807) is 0 Å². The number of aliphatic carboxylic acids is 1. The molecule has 1 saturated carbocycles. The lowest BCUT2D eigenvalue weighted by Gasteiger charge is -2.44. The van der Waals surface area contributed by atoms with Crippen molar-refractivity contribution in [1.82, 2.24) is 10.2 Å². The molecule has 5 nitrogen and oxygen atoms in total. The minimum absolute atomic E-state index is 0.195. The van der Waals surface area contributed by atoms with Crippen molar-refractivity contribution in [1.29, 1.82) is 0 Å². The molecule has 0 bridgehead atoms. The van der Waals surface area contributed by atoms with Gasteiger partial charge in [0.25, 0.3) is 0 Å². The highest BCUT2D eigenvalue weighted by molar-refractivity contribution is 5.83. The number of amides is 2. The molecule has 21 heavy (non-hydrogen) atoms. The molecule has 1 aliphatic heterocycles. The van der Waals surface area contributed by atoms with Gasteiger partial charge < -0.3 is 15.3 Å². The van der Waals surface area contributed by atoms with E-state index in [0.717, 1.165) is 32.1 Å². The van der Waals surface area contributed by atoms with Crippen LogP contribution in [0.4, 0.5) is 4.79 Å². The van der Waals surface area contributed by atoms with Gasteiger partial charge in [0.1, 0.15) is 6.04 Å². The lowest BCUT2D eigenvalue weighted by atomic mass is 9.76. The Morgan fingerprint density at radius 2 is 1.95 bits per heavy atom. The zero-order valence-corrected chi connectivity index (χ0v) is 13.4. The maximum atomic E-state index is 12.5. The van der Waals surface area contributed by atoms with E-state index in [4.69, 9.17) is 0 Å². The van der Waals surface area contributed by atoms with Crippen LogP contribution in [0.25, 0.3) is 0 Å². The van der Waals surface area contributed by atoms with E-state index < -0.39 is 12.0 Å². The van der Waals surface area contributed by atoms with Crippen molar-refractivity contribution >= 4 is 12.0 Å². The largest absolute Gasteiger partial charge is 0.480 e. The Bertz CT molecular complexity index is 408. The monoisotopic (exact) mass is 296 g/mol. The molecule has 0 spiro atoms. The van der Waals surface area contributed by atoms with E-state index in [9.17, 15) is 14.7 Å². The van der Waals surface area contributed by atoms with Crippen molar-refractivity contribution in [2.45, 2.75) is 71.4 Å². The molecule has 0 aromatic rings. The van der Waals surface area contributed by atoms with Gasteiger partial charge in [-0.25, -0.2) is 9.59 Å². The van der Waals surface area contributed by atoms with Crippen LogP contribution in [0.1, 0.15) is 59.3 Å². The quantitative estimate of drug-likeness (QED) is 0.823. The zero-order chi connectivity index (χ0) is 15.6. The van der Waals surface area contributed by atoms with Crippen LogP contribution in [0.2, 0.25) is 0 Å². The van der Waals surface area contributed by atoms with Gasteiger partial charge in [-0.15, -0.1) is 0 Å². The fraction of sp³-hybridized carbons (Fsp3) is 0.875. The maximum Gasteiger partial charge on any atom is 0.327 e. The van der Waals surface area contributed by atoms with E-state index in [0.29, 0.717) is 12.5 Å². The molecule has 120 valence electrons. The van der Waals surface area contributed by atoms with Crippen LogP contribution in [0.5, 0.6) is 0 Å². The number of carboxylic acid groups (broad SMARTS) is 1. The lowest BCUT2D eigenvalue weighted by Crippen LogP contribution is -2.59. The lowest BCUT2D eigenvalue weighted by molar-refractivity contribution is -0.148. The number of piperidine rings is 1. The topological polar surface area (TPSA) is 69.6 Å². The van der Waals surface area contributed by atoms with Gasteiger partial charge in [0.15, 0.2) is 0 Å². The average Bonchev–Trinajstić information content (AvgIpc) is 2.36. The van der Waals surface area contributed by atoms with Gasteiger partial charge in [-0.3, -0.25) is 0 Å². The van der Waals surface area contributed by atoms with Crippen molar-refractivity contribution in [3.63, 3.8) is 0 Å². The Balaban J connectivity index is 2.04. The SMILES string of the molecule is CC1CCCC(NC(=O)N2CCCC(C)(C)C2C(=O)O)C1. The minimum Gasteiger partial charge on any atom is -0.480 e. The highest BCUT2D eigenvalue weighted by Crippen LogP contribution is 2.35. The normalized spacial score (nSPS) is 32.5. The third-order valence-electron chi connectivity index (χ3n) is 5.03. The van der Waals surface area contributed by atoms with Crippen molar-refractivity contribution < 1.29 is 14.7 Å². The van der Waals surface area contributed by atoms with E-state index in [2.05, 4.69) is 12.2 Å². The first-order valence-electron chi connectivity index (χ1n) is 8.11. The molecule has 2 aliphatic rings. The molecule has 2 amide bonds. The van der Waals surface area contributed by atoms with Gasteiger partial charge in [-0.05, 0) is 37.0 Å². The summed E-state index contributed by atoms with van der Waals surface area (Å²) < 4.78 is 0. The molecule has 1 heterocycles. The van der Waals surface area contributed by atoms with Gasteiger partial charge in [0, 0.05) is 12.6 Å². The third-order valence-corrected chi connectivity index (χ3v) is 5.03. The number of rotatable bonds is 2. The summed E-state index contributed by atoms with van der Waals surface area (Å²) in [5.41, 5.74) is -0.374. The number of carbonyl (C=O) groups is 2. The molecular weight excluding hydrogens is 268 g/mol. The fourth-order valence-electron chi connectivity index (χ4n) is 3.90. The van der Waals surface area contributed by atoms with E-state index in [-0.39, 0.29) is 17.5 Å². The van der Waals surface area contributed by atoms with Crippen molar-refractivity contribution in [2.75, 3.05) is 6.54 Å². The minimum atomic E-state index is -0.896. The molecule has 0 aromatic heterocycles. The molecule has 1 saturated heterocycles. The van der Waals surface area contributed by atoms with Crippen LogP contribution in [-0.2, 0) is 4.79 Å². The molecule has 2 N–H and O–H groups in total. The maximum absolute atomic E-state index is 12.5. The molecule has 3 atom stereocenters. The molecule has 0 radical (unpaired) electrons. The Hall–Kier alpha value is -1.26. The summed E-state index contributed by atoms with van der Waals surface area (Å²) in [6.07, 6.45) is 6.08. The van der Waals surface area contributed by atoms with Crippen molar-refractivity contribution in [3.8, 4) is 0 Å². The molecular formula is C16H28N2O3. The number of hydrogen-bond donors (Lipinski definition) is 2. The van der Waals surface area contributed by atoms with Gasteiger partial charge >= 0.3 is 12.0 Å². The van der Waals surface area contributed by atoms with Gasteiger partial charge in [-0.2, -0.15) is 0 Å². The summed E-state index contributed by atoms with van der Waals surface area (Å²) in [6, 6.07) is -0.734. The van der Waals surface area contributed by atoms with Crippen LogP contribution in [0.15, 0.2) is 0 Å². The Morgan fingerprint density at radius 1 is 1.24 bits per heavy atom. The second kappa shape index (κ2) is 6.24. The predicted octanol–water partition coefficient (Wildman–Crippen LogP) is 2.85. The van der Waals surface area contributed by atoms with Gasteiger partial charge in [0.05, 0.1) is 0 Å². The average molecular weight is 296 g/mol. The van der Waals surface area contributed by atoms with E-state index in [1.165, 1.54) is 11.3 Å². The van der Waals surface area contributed by atoms with Crippen LogP contribution >= 0.6 is 0 Å². The third kappa shape index (κ3) is 3.69. The highest BCUT2D eigenvalue weighted by Gasteiger charge is 2.44. The second-order valence-corrected chi connectivity index (χ2v) is 7.44. The summed E-state index contributed by atoms with van der Waals surface area (Å²) in [4.78, 5) is 25.7. The van der Waals surface area contributed by atoms with Crippen molar-refractivity contribution in [3.05, 3.63) is 0 Å². The van der Waals surface area contributed by atoms with Crippen molar-refractivity contribution in [2.24, 2.45) is 11.3 Å². The highest BCUT2D eigenvalue weighted by atomic mass is 16.4. The van der Waals surface area contributed by atoms with Crippen LogP contribution in [0.3, 0.4) is 0 Å². The zero-order valence-electron chi connectivity index (χ0n) is 13.4. The van der Waals surface area contributed by atoms with Crippen LogP contribution < -0.4 is 5.32 Å². The molecule has 2 fully saturated rings. The number of nitrogens with zero attached hydrogens (tertiary/aromatic N) is 1. The van der Waals surface area contributed by atoms with Crippen LogP contribution in [0, 0.1) is 11.3 Å². The van der Waals surface area contributed by atoms with Gasteiger partial charge in [-0.1, -0.05) is 33.6 Å². The van der Waals surface area contributed by atoms with E-state index in [1.807, 2.05) is 13.8 Å². The fourth-order valence-corrected chi connectivity index (χ4v) is 3.90. The summed E-state index contributed by atoms with van der Waals surface area (Å²) >= 11 is 0. The molecule has 3 unspecified atom stereocenters. The number of urea groups is 1. The standard InChI is InChI=1S/C16H28N2O3/c1-11-6-4-7-12(10-11)17-15(21)18-9-5-8-16(2,3)13(18)14(19)20/h11-13H,4-10H2,1-3H3,(H,17,21)(H,19,20). The Labute approximate surface area is 127 Å². The summed E-state index contributed by atoms with van der Waals surface area (Å²) in [6.45, 7) is 6.62. The molecule has 0 aromatic carbocycles. The number of nitrogens with one attached hydrogen (secondary N) is 1. The number of hydrogen-bond acceptors (Lipinski definition) is 2. The molecule has 5 heteroatoms. The van der Waals surface area contributed by atoms with Gasteiger partial charge in [0.2, 0.25) is 0 Å². The van der Waals surface area contributed by atoms with E-state index >= 15 is 0 Å². The Kier molecular flexibility index (Phi) is 4.79. The number of likely N-dealkylation sites (tertiary alicyclic amines) is 1. The molecule has 1 aliphatic carbocycles. The number of carbonyl (C=O) groups excluding carboxylic acids is 1. The summed E-state index contributed by atoms with van der Waals surface area (Å²) in [5.74, 6) is -0.260. The smallest absolute Gasteiger partial charge is 0.327 e. The first kappa shape index (κ1) is 16.1. The summed E-state index contributed by atoms with van der Waals surface area (Å²) in [5, 5.41) is 12.6. The van der Waals surface area contributed by atoms with Crippen LogP contribution in [-0.4, -0.2) is 40.6 Å². The molecule has 2 rings (SSSR count). The first-order valence-corrected chi connectivity index (χ1v) is 8.11. The Morgan fingerprint density at radius 3 is 2.57 bits per heavy atom. The number of carboxylic acids is 1. The first-order chi connectivity index (χ1) is 9.81. The second-order valence-electron chi connectivity index (χ2n) is 7.44.